The Morgan fingerprint density at radius 1 is 0.417 bits per heavy atom. The van der Waals surface area contributed by atoms with Gasteiger partial charge in [-0.15, -0.1) is 0 Å². The molecule has 0 heteroatoms. The highest BCUT2D eigenvalue weighted by atomic mass is 14.3. The van der Waals surface area contributed by atoms with E-state index >= 15 is 0 Å². The van der Waals surface area contributed by atoms with Crippen molar-refractivity contribution in [2.45, 2.75) is 213 Å². The topological polar surface area (TPSA) is 0 Å². The zero-order valence-corrected chi connectivity index (χ0v) is 25.8. The van der Waals surface area contributed by atoms with Crippen LogP contribution in [0.25, 0.3) is 0 Å². The van der Waals surface area contributed by atoms with Crippen LogP contribution < -0.4 is 0 Å². The molecular weight excluding hydrogens is 432 g/mol. The Balaban J connectivity index is 0.000000681. The molecule has 216 valence electrons. The van der Waals surface area contributed by atoms with Gasteiger partial charge in [0, 0.05) is 0 Å². The molecule has 0 spiro atoms. The van der Waals surface area contributed by atoms with Gasteiger partial charge in [0.15, 0.2) is 0 Å². The number of rotatable bonds is 29. The second-order valence-corrected chi connectivity index (χ2v) is 12.1. The van der Waals surface area contributed by atoms with Crippen molar-refractivity contribution in [2.75, 3.05) is 0 Å². The van der Waals surface area contributed by atoms with Gasteiger partial charge in [-0.3, -0.25) is 0 Å². The van der Waals surface area contributed by atoms with Crippen LogP contribution in [0.5, 0.6) is 0 Å². The molecule has 2 radical (unpaired) electrons. The van der Waals surface area contributed by atoms with Crippen LogP contribution in [0.1, 0.15) is 213 Å². The van der Waals surface area contributed by atoms with Gasteiger partial charge in [0.25, 0.3) is 0 Å². The maximum absolute atomic E-state index is 3.88. The molecule has 0 aromatic carbocycles. The van der Waals surface area contributed by atoms with Crippen molar-refractivity contribution >= 4 is 0 Å². The van der Waals surface area contributed by atoms with E-state index in [4.69, 9.17) is 0 Å². The summed E-state index contributed by atoms with van der Waals surface area (Å²) < 4.78 is 0. The highest BCUT2D eigenvalue weighted by Gasteiger charge is 2.20. The van der Waals surface area contributed by atoms with Crippen LogP contribution in [-0.4, -0.2) is 0 Å². The molecule has 0 aliphatic heterocycles. The van der Waals surface area contributed by atoms with E-state index in [1.165, 1.54) is 193 Å². The first-order valence-electron chi connectivity index (χ1n) is 17.5. The molecule has 0 bridgehead atoms. The summed E-state index contributed by atoms with van der Waals surface area (Å²) in [5.74, 6) is 1.03. The summed E-state index contributed by atoms with van der Waals surface area (Å²) in [5, 5.41) is 0. The third-order valence-corrected chi connectivity index (χ3v) is 8.10. The second-order valence-electron chi connectivity index (χ2n) is 12.1. The fourth-order valence-electron chi connectivity index (χ4n) is 5.30. The maximum atomic E-state index is 3.88. The predicted octanol–water partition coefficient (Wildman–Crippen LogP) is 13.8. The molecule has 1 unspecified atom stereocenters. The van der Waals surface area contributed by atoms with E-state index in [1.54, 1.807) is 0 Å². The quantitative estimate of drug-likeness (QED) is 0.0888. The normalized spacial score (nSPS) is 13.1. The lowest BCUT2D eigenvalue weighted by molar-refractivity contribution is 0.531. The molecule has 1 saturated carbocycles. The van der Waals surface area contributed by atoms with Gasteiger partial charge in [0.2, 0.25) is 0 Å². The summed E-state index contributed by atoms with van der Waals surface area (Å²) in [6.07, 6.45) is 47.3. The average Bonchev–Trinajstić information content (AvgIpc) is 3.72. The molecule has 1 atom stereocenters. The third-order valence-electron chi connectivity index (χ3n) is 8.10. The number of hydrogen-bond donors (Lipinski definition) is 0. The molecule has 36 heavy (non-hydrogen) atoms. The van der Waals surface area contributed by atoms with Crippen molar-refractivity contribution in [1.82, 2.24) is 0 Å². The van der Waals surface area contributed by atoms with Gasteiger partial charge >= 0.3 is 0 Å². The molecule has 0 nitrogen and oxygen atoms in total. The number of unbranched alkanes of at least 4 members (excludes halogenated alkanes) is 27. The van der Waals surface area contributed by atoms with E-state index in [0.717, 1.165) is 12.3 Å². The van der Waals surface area contributed by atoms with E-state index in [-0.39, 0.29) is 0 Å². The van der Waals surface area contributed by atoms with Gasteiger partial charge in [0.1, 0.15) is 0 Å². The fraction of sp³-hybridized carbons (Fsp3) is 0.944. The highest BCUT2D eigenvalue weighted by molar-refractivity contribution is 4.93. The van der Waals surface area contributed by atoms with Crippen LogP contribution in [0.15, 0.2) is 0 Å². The summed E-state index contributed by atoms with van der Waals surface area (Å²) in [7, 11) is 0. The lowest BCUT2D eigenvalue weighted by Gasteiger charge is -2.03. The van der Waals surface area contributed by atoms with Crippen molar-refractivity contribution in [2.24, 2.45) is 5.92 Å². The van der Waals surface area contributed by atoms with Crippen LogP contribution in [0.2, 0.25) is 0 Å². The van der Waals surface area contributed by atoms with E-state index in [9.17, 15) is 0 Å². The Bertz CT molecular complexity index is 339. The van der Waals surface area contributed by atoms with Crippen molar-refractivity contribution in [3.05, 3.63) is 13.3 Å². The van der Waals surface area contributed by atoms with Gasteiger partial charge in [-0.1, -0.05) is 213 Å². The lowest BCUT2D eigenvalue weighted by Crippen LogP contribution is -1.83. The van der Waals surface area contributed by atoms with Crippen LogP contribution in [0, 0.1) is 19.3 Å². The molecule has 0 N–H and O–H groups in total. The first-order chi connectivity index (χ1) is 17.8. The van der Waals surface area contributed by atoms with Gasteiger partial charge in [-0.25, -0.2) is 0 Å². The van der Waals surface area contributed by atoms with E-state index in [0.29, 0.717) is 0 Å². The summed E-state index contributed by atoms with van der Waals surface area (Å²) in [6.45, 7) is 8.47. The largest absolute Gasteiger partial charge is 0.0654 e. The molecule has 0 saturated heterocycles. The van der Waals surface area contributed by atoms with Crippen molar-refractivity contribution in [3.63, 3.8) is 0 Å². The zero-order valence-electron chi connectivity index (χ0n) is 25.8. The zero-order chi connectivity index (χ0) is 26.2. The van der Waals surface area contributed by atoms with Crippen molar-refractivity contribution in [3.8, 4) is 0 Å². The highest BCUT2D eigenvalue weighted by Crippen LogP contribution is 2.32. The monoisotopic (exact) mass is 505 g/mol. The minimum atomic E-state index is 1.03. The smallest absolute Gasteiger partial charge is 0.0352 e. The molecule has 1 fully saturated rings. The van der Waals surface area contributed by atoms with Gasteiger partial charge in [-0.05, 0) is 18.8 Å². The Labute approximate surface area is 232 Å². The van der Waals surface area contributed by atoms with Crippen LogP contribution in [0.4, 0.5) is 0 Å². The minimum Gasteiger partial charge on any atom is -0.0654 e. The molecule has 0 aromatic heterocycles. The molecule has 0 amide bonds. The summed E-state index contributed by atoms with van der Waals surface area (Å²) in [4.78, 5) is 0. The SMILES string of the molecule is CCCCCCCCCCCCCCCC1[CH]C1.[CH2]CCCCCCCCCCCCCCCCC. The van der Waals surface area contributed by atoms with Crippen LogP contribution in [-0.2, 0) is 0 Å². The molecule has 0 heterocycles. The van der Waals surface area contributed by atoms with E-state index in [2.05, 4.69) is 27.2 Å². The Morgan fingerprint density at radius 3 is 0.917 bits per heavy atom. The molecule has 0 aromatic rings. The van der Waals surface area contributed by atoms with Gasteiger partial charge < -0.3 is 0 Å². The maximum Gasteiger partial charge on any atom is -0.0352 e. The predicted molar refractivity (Wildman–Crippen MR) is 168 cm³/mol. The van der Waals surface area contributed by atoms with Crippen LogP contribution in [0.3, 0.4) is 0 Å². The standard InChI is InChI=1S/C18H35.C18H37/c1-2-3-4-5-6-7-8-9-10-11-12-13-14-15-18-16-17-18;1-3-5-7-9-11-13-15-17-18-16-14-12-10-8-6-4-2/h16,18H,2-15,17H2,1H3;1,3-18H2,2H3. The summed E-state index contributed by atoms with van der Waals surface area (Å²) in [5.41, 5.74) is 0. The fourth-order valence-corrected chi connectivity index (χ4v) is 5.30. The molecule has 1 rings (SSSR count). The first kappa shape index (κ1) is 36.0. The number of hydrogen-bond acceptors (Lipinski definition) is 0. The van der Waals surface area contributed by atoms with Gasteiger partial charge in [0.05, 0.1) is 0 Å². The molecule has 1 aliphatic carbocycles. The molecular formula is C36H72. The Hall–Kier alpha value is 0. The Morgan fingerprint density at radius 2 is 0.667 bits per heavy atom. The summed E-state index contributed by atoms with van der Waals surface area (Å²) in [6, 6.07) is 0. The molecule has 1 aliphatic rings. The lowest BCUT2D eigenvalue weighted by atomic mass is 10.0. The third kappa shape index (κ3) is 34.0. The minimum absolute atomic E-state index is 1.03. The van der Waals surface area contributed by atoms with Crippen molar-refractivity contribution in [1.29, 1.82) is 0 Å². The Kier molecular flexibility index (Phi) is 33.0. The van der Waals surface area contributed by atoms with E-state index in [1.807, 2.05) is 0 Å². The first-order valence-corrected chi connectivity index (χ1v) is 17.5. The van der Waals surface area contributed by atoms with Crippen LogP contribution >= 0.6 is 0 Å². The summed E-state index contributed by atoms with van der Waals surface area (Å²) >= 11 is 0. The van der Waals surface area contributed by atoms with Crippen molar-refractivity contribution < 1.29 is 0 Å². The van der Waals surface area contributed by atoms with Gasteiger partial charge in [-0.2, -0.15) is 0 Å². The van der Waals surface area contributed by atoms with E-state index < -0.39 is 0 Å². The average molecular weight is 505 g/mol. The second kappa shape index (κ2) is 33.0.